The first-order chi connectivity index (χ1) is 13.6. The van der Waals surface area contributed by atoms with Gasteiger partial charge in [0.2, 0.25) is 5.91 Å². The minimum Gasteiger partial charge on any atom is -0.494 e. The number of aryl methyl sites for hydroxylation is 3. The zero-order valence-corrected chi connectivity index (χ0v) is 19.1. The van der Waals surface area contributed by atoms with Crippen LogP contribution in [0.15, 0.2) is 36.4 Å². The molecule has 0 atom stereocenters. The SMILES string of the molecule is Cc1cc(C)c(NC(=S)NC(=O)CCCOc2ccc(C(C)(C)C)cc2)c(C)c1. The first kappa shape index (κ1) is 22.9. The van der Waals surface area contributed by atoms with E-state index in [0.29, 0.717) is 24.6 Å². The summed E-state index contributed by atoms with van der Waals surface area (Å²) in [4.78, 5) is 12.1. The summed E-state index contributed by atoms with van der Waals surface area (Å²) in [6.07, 6.45) is 0.978. The first-order valence-electron chi connectivity index (χ1n) is 9.98. The molecule has 1 amide bonds. The third kappa shape index (κ3) is 7.17. The number of carbonyl (C=O) groups excluding carboxylic acids is 1. The molecule has 2 N–H and O–H groups in total. The number of nitrogens with one attached hydrogen (secondary N) is 2. The van der Waals surface area contributed by atoms with Gasteiger partial charge >= 0.3 is 0 Å². The van der Waals surface area contributed by atoms with E-state index >= 15 is 0 Å². The normalized spacial score (nSPS) is 11.1. The molecule has 0 spiro atoms. The van der Waals surface area contributed by atoms with Crippen molar-refractivity contribution in [3.8, 4) is 5.75 Å². The summed E-state index contributed by atoms with van der Waals surface area (Å²) < 4.78 is 5.74. The number of benzene rings is 2. The number of amides is 1. The van der Waals surface area contributed by atoms with Crippen LogP contribution in [0.4, 0.5) is 5.69 Å². The Labute approximate surface area is 180 Å². The van der Waals surface area contributed by atoms with Crippen LogP contribution in [0.1, 0.15) is 55.9 Å². The largest absolute Gasteiger partial charge is 0.494 e. The Kier molecular flexibility index (Phi) is 7.80. The van der Waals surface area contributed by atoms with E-state index in [4.69, 9.17) is 17.0 Å². The Bertz CT molecular complexity index is 844. The number of carbonyl (C=O) groups is 1. The molecule has 0 saturated heterocycles. The highest BCUT2D eigenvalue weighted by atomic mass is 32.1. The molecule has 2 aromatic carbocycles. The van der Waals surface area contributed by atoms with Crippen LogP contribution in [0.25, 0.3) is 0 Å². The molecule has 0 aromatic heterocycles. The van der Waals surface area contributed by atoms with Crippen molar-refractivity contribution in [3.63, 3.8) is 0 Å². The maximum atomic E-state index is 12.1. The average molecular weight is 413 g/mol. The summed E-state index contributed by atoms with van der Waals surface area (Å²) in [6.45, 7) is 13.1. The Morgan fingerprint density at radius 1 is 1.03 bits per heavy atom. The van der Waals surface area contributed by atoms with Crippen molar-refractivity contribution < 1.29 is 9.53 Å². The lowest BCUT2D eigenvalue weighted by atomic mass is 9.87. The van der Waals surface area contributed by atoms with Crippen LogP contribution in [0.2, 0.25) is 0 Å². The van der Waals surface area contributed by atoms with Crippen molar-refractivity contribution in [3.05, 3.63) is 58.7 Å². The third-order valence-electron chi connectivity index (χ3n) is 4.71. The highest BCUT2D eigenvalue weighted by Gasteiger charge is 2.13. The first-order valence-corrected chi connectivity index (χ1v) is 10.4. The predicted molar refractivity (Wildman–Crippen MR) is 125 cm³/mol. The highest BCUT2D eigenvalue weighted by Crippen LogP contribution is 2.24. The van der Waals surface area contributed by atoms with Crippen molar-refractivity contribution in [2.24, 2.45) is 0 Å². The van der Waals surface area contributed by atoms with Crippen LogP contribution in [-0.4, -0.2) is 17.6 Å². The molecule has 0 aliphatic carbocycles. The second-order valence-electron chi connectivity index (χ2n) is 8.50. The van der Waals surface area contributed by atoms with Crippen LogP contribution >= 0.6 is 12.2 Å². The number of hydrogen-bond donors (Lipinski definition) is 2. The molecule has 0 bridgehead atoms. The van der Waals surface area contributed by atoms with Gasteiger partial charge in [0, 0.05) is 12.1 Å². The monoisotopic (exact) mass is 412 g/mol. The van der Waals surface area contributed by atoms with Crippen molar-refractivity contribution in [2.45, 2.75) is 59.8 Å². The van der Waals surface area contributed by atoms with E-state index in [0.717, 1.165) is 22.6 Å². The number of ether oxygens (including phenoxy) is 1. The lowest BCUT2D eigenvalue weighted by Gasteiger charge is -2.19. The summed E-state index contributed by atoms with van der Waals surface area (Å²) in [6, 6.07) is 12.3. The molecule has 0 unspecified atom stereocenters. The van der Waals surface area contributed by atoms with Crippen LogP contribution in [0, 0.1) is 20.8 Å². The zero-order valence-electron chi connectivity index (χ0n) is 18.3. The van der Waals surface area contributed by atoms with E-state index in [1.165, 1.54) is 11.1 Å². The molecule has 0 heterocycles. The van der Waals surface area contributed by atoms with Gasteiger partial charge in [-0.2, -0.15) is 0 Å². The third-order valence-corrected chi connectivity index (χ3v) is 4.91. The lowest BCUT2D eigenvalue weighted by molar-refractivity contribution is -0.119. The van der Waals surface area contributed by atoms with Crippen LogP contribution in [0.5, 0.6) is 5.75 Å². The Hall–Kier alpha value is -2.40. The Morgan fingerprint density at radius 3 is 2.17 bits per heavy atom. The molecule has 2 rings (SSSR count). The molecule has 156 valence electrons. The van der Waals surface area contributed by atoms with Gasteiger partial charge < -0.3 is 15.4 Å². The molecule has 0 saturated carbocycles. The van der Waals surface area contributed by atoms with Gasteiger partial charge in [-0.05, 0) is 73.6 Å². The fourth-order valence-electron chi connectivity index (χ4n) is 3.19. The van der Waals surface area contributed by atoms with E-state index in [9.17, 15) is 4.79 Å². The molecule has 0 radical (unpaired) electrons. The van der Waals surface area contributed by atoms with Crippen molar-refractivity contribution >= 4 is 28.9 Å². The van der Waals surface area contributed by atoms with Gasteiger partial charge in [-0.15, -0.1) is 0 Å². The van der Waals surface area contributed by atoms with E-state index in [1.54, 1.807) is 0 Å². The molecule has 5 heteroatoms. The lowest BCUT2D eigenvalue weighted by Crippen LogP contribution is -2.34. The predicted octanol–water partition coefficient (Wildman–Crippen LogP) is 5.58. The van der Waals surface area contributed by atoms with Crippen molar-refractivity contribution in [2.75, 3.05) is 11.9 Å². The van der Waals surface area contributed by atoms with Gasteiger partial charge in [-0.3, -0.25) is 4.79 Å². The van der Waals surface area contributed by atoms with E-state index in [1.807, 2.05) is 26.0 Å². The van der Waals surface area contributed by atoms with E-state index < -0.39 is 0 Å². The summed E-state index contributed by atoms with van der Waals surface area (Å²) in [5, 5.41) is 6.21. The summed E-state index contributed by atoms with van der Waals surface area (Å²) in [5.74, 6) is 0.706. The molecule has 29 heavy (non-hydrogen) atoms. The molecule has 0 aliphatic heterocycles. The number of hydrogen-bond acceptors (Lipinski definition) is 3. The second-order valence-corrected chi connectivity index (χ2v) is 8.91. The van der Waals surface area contributed by atoms with Crippen molar-refractivity contribution in [1.82, 2.24) is 5.32 Å². The topological polar surface area (TPSA) is 50.4 Å². The molecule has 4 nitrogen and oxygen atoms in total. The summed E-state index contributed by atoms with van der Waals surface area (Å²) >= 11 is 5.29. The fourth-order valence-corrected chi connectivity index (χ4v) is 3.40. The maximum absolute atomic E-state index is 12.1. The van der Waals surface area contributed by atoms with Gasteiger partial charge in [0.1, 0.15) is 5.75 Å². The van der Waals surface area contributed by atoms with Gasteiger partial charge in [0.25, 0.3) is 0 Å². The highest BCUT2D eigenvalue weighted by molar-refractivity contribution is 7.80. The fraction of sp³-hybridized carbons (Fsp3) is 0.417. The van der Waals surface area contributed by atoms with E-state index in [2.05, 4.69) is 62.6 Å². The van der Waals surface area contributed by atoms with Gasteiger partial charge in [0.15, 0.2) is 5.11 Å². The van der Waals surface area contributed by atoms with Gasteiger partial charge in [0.05, 0.1) is 6.61 Å². The smallest absolute Gasteiger partial charge is 0.226 e. The average Bonchev–Trinajstić information content (AvgIpc) is 2.61. The molecule has 0 aliphatic rings. The Morgan fingerprint density at radius 2 is 1.62 bits per heavy atom. The Balaban J connectivity index is 1.74. The summed E-state index contributed by atoms with van der Waals surface area (Å²) in [7, 11) is 0. The molecule has 0 fully saturated rings. The maximum Gasteiger partial charge on any atom is 0.226 e. The van der Waals surface area contributed by atoms with Gasteiger partial charge in [-0.25, -0.2) is 0 Å². The van der Waals surface area contributed by atoms with E-state index in [-0.39, 0.29) is 11.3 Å². The minimum atomic E-state index is -0.114. The molecule has 2 aromatic rings. The molecular formula is C24H32N2O2S. The number of anilines is 1. The van der Waals surface area contributed by atoms with Crippen LogP contribution < -0.4 is 15.4 Å². The van der Waals surface area contributed by atoms with Crippen LogP contribution in [-0.2, 0) is 10.2 Å². The molecular weight excluding hydrogens is 380 g/mol. The number of rotatable bonds is 6. The summed E-state index contributed by atoms with van der Waals surface area (Å²) in [5.41, 5.74) is 5.74. The minimum absolute atomic E-state index is 0.114. The zero-order chi connectivity index (χ0) is 21.6. The van der Waals surface area contributed by atoms with Gasteiger partial charge in [-0.1, -0.05) is 50.6 Å². The second kappa shape index (κ2) is 9.88. The standard InChI is InChI=1S/C24H32N2O2S/c1-16-14-17(2)22(18(3)15-16)26-23(29)25-21(27)8-7-13-28-20-11-9-19(10-12-20)24(4,5)6/h9-12,14-15H,7-8,13H2,1-6H3,(H2,25,26,27,29). The van der Waals surface area contributed by atoms with Crippen LogP contribution in [0.3, 0.4) is 0 Å². The number of thiocarbonyl (C=S) groups is 1. The van der Waals surface area contributed by atoms with Crippen molar-refractivity contribution in [1.29, 1.82) is 0 Å². The quantitative estimate of drug-likeness (QED) is 0.480.